The number of ether oxygens (including phenoxy) is 1. The lowest BCUT2D eigenvalue weighted by atomic mass is 10.0. The van der Waals surface area contributed by atoms with Gasteiger partial charge in [-0.3, -0.25) is 4.98 Å². The van der Waals surface area contributed by atoms with Crippen LogP contribution in [0.3, 0.4) is 0 Å². The van der Waals surface area contributed by atoms with Crippen LogP contribution in [0.5, 0.6) is 0 Å². The molecular weight excluding hydrogens is 250 g/mol. The predicted molar refractivity (Wildman–Crippen MR) is 79.7 cm³/mol. The van der Waals surface area contributed by atoms with Gasteiger partial charge in [0.1, 0.15) is 0 Å². The van der Waals surface area contributed by atoms with Crippen LogP contribution < -0.4 is 0 Å². The van der Waals surface area contributed by atoms with Crippen LogP contribution in [0.25, 0.3) is 11.3 Å². The average molecular weight is 269 g/mol. The number of esters is 1. The number of carbonyl (C=O) groups is 1. The molecule has 0 unspecified atom stereocenters. The molecule has 1 aromatic heterocycles. The van der Waals surface area contributed by atoms with Crippen LogP contribution in [0.15, 0.2) is 42.5 Å². The molecule has 0 aliphatic carbocycles. The van der Waals surface area contributed by atoms with Crippen molar-refractivity contribution in [1.82, 2.24) is 4.98 Å². The molecule has 0 aliphatic heterocycles. The zero-order valence-corrected chi connectivity index (χ0v) is 12.1. The van der Waals surface area contributed by atoms with Crippen molar-refractivity contribution in [3.05, 3.63) is 53.7 Å². The molecule has 0 fully saturated rings. The summed E-state index contributed by atoms with van der Waals surface area (Å²) in [6.07, 6.45) is 0. The highest BCUT2D eigenvalue weighted by Crippen LogP contribution is 2.24. The molecule has 0 saturated heterocycles. The third-order valence-electron chi connectivity index (χ3n) is 3.04. The highest BCUT2D eigenvalue weighted by atomic mass is 16.5. The fourth-order valence-corrected chi connectivity index (χ4v) is 2.07. The summed E-state index contributed by atoms with van der Waals surface area (Å²) < 4.78 is 5.09. The highest BCUT2D eigenvalue weighted by Gasteiger charge is 2.17. The minimum absolute atomic E-state index is 0.165. The maximum atomic E-state index is 12.0. The van der Waals surface area contributed by atoms with Crippen molar-refractivity contribution < 1.29 is 9.53 Å². The molecule has 0 atom stereocenters. The van der Waals surface area contributed by atoms with E-state index in [-0.39, 0.29) is 11.9 Å². The first-order valence-corrected chi connectivity index (χ1v) is 6.87. The van der Waals surface area contributed by atoms with E-state index >= 15 is 0 Å². The van der Waals surface area contributed by atoms with Crippen LogP contribution in [0.4, 0.5) is 0 Å². The monoisotopic (exact) mass is 269 g/mol. The zero-order chi connectivity index (χ0) is 14.5. The Morgan fingerprint density at radius 3 is 2.45 bits per heavy atom. The van der Waals surface area contributed by atoms with Gasteiger partial charge in [0, 0.05) is 5.56 Å². The largest absolute Gasteiger partial charge is 0.462 e. The summed E-state index contributed by atoms with van der Waals surface area (Å²) in [5, 5.41) is 0. The molecule has 2 rings (SSSR count). The maximum absolute atomic E-state index is 12.0. The molecule has 0 aliphatic rings. The fraction of sp³-hybridized carbons (Fsp3) is 0.294. The van der Waals surface area contributed by atoms with Gasteiger partial charge in [0.15, 0.2) is 0 Å². The Bertz CT molecular complexity index is 591. The first-order valence-electron chi connectivity index (χ1n) is 6.87. The summed E-state index contributed by atoms with van der Waals surface area (Å²) in [6.45, 7) is 6.23. The van der Waals surface area contributed by atoms with Gasteiger partial charge in [0.25, 0.3) is 0 Å². The summed E-state index contributed by atoms with van der Waals surface area (Å²) in [7, 11) is 0. The number of aromatic nitrogens is 1. The summed E-state index contributed by atoms with van der Waals surface area (Å²) >= 11 is 0. The van der Waals surface area contributed by atoms with E-state index < -0.39 is 0 Å². The molecule has 1 aromatic carbocycles. The van der Waals surface area contributed by atoms with Gasteiger partial charge in [-0.2, -0.15) is 0 Å². The Balaban J connectivity index is 2.45. The summed E-state index contributed by atoms with van der Waals surface area (Å²) in [4.78, 5) is 16.6. The minimum atomic E-state index is -0.302. The van der Waals surface area contributed by atoms with Crippen molar-refractivity contribution in [2.24, 2.45) is 0 Å². The van der Waals surface area contributed by atoms with Gasteiger partial charge in [-0.05, 0) is 25.0 Å². The minimum Gasteiger partial charge on any atom is -0.462 e. The molecular formula is C17H19NO2. The SMILES string of the molecule is CCOC(=O)c1ccc(-c2ccccc2)nc1C(C)C. The molecule has 1 heterocycles. The number of hydrogen-bond donors (Lipinski definition) is 0. The van der Waals surface area contributed by atoms with Crippen LogP contribution in [0.1, 0.15) is 42.7 Å². The van der Waals surface area contributed by atoms with Crippen LogP contribution in [-0.4, -0.2) is 17.6 Å². The van der Waals surface area contributed by atoms with Crippen LogP contribution >= 0.6 is 0 Å². The van der Waals surface area contributed by atoms with Crippen molar-refractivity contribution >= 4 is 5.97 Å². The predicted octanol–water partition coefficient (Wildman–Crippen LogP) is 4.05. The molecule has 3 heteroatoms. The summed E-state index contributed by atoms with van der Waals surface area (Å²) in [5.41, 5.74) is 3.26. The fourth-order valence-electron chi connectivity index (χ4n) is 2.07. The Labute approximate surface area is 119 Å². The molecule has 2 aromatic rings. The van der Waals surface area contributed by atoms with Crippen molar-refractivity contribution in [2.45, 2.75) is 26.7 Å². The van der Waals surface area contributed by atoms with Gasteiger partial charge < -0.3 is 4.74 Å². The van der Waals surface area contributed by atoms with Crippen LogP contribution in [0.2, 0.25) is 0 Å². The molecule has 0 spiro atoms. The van der Waals surface area contributed by atoms with Crippen LogP contribution in [-0.2, 0) is 4.74 Å². The molecule has 3 nitrogen and oxygen atoms in total. The van der Waals surface area contributed by atoms with E-state index in [0.29, 0.717) is 12.2 Å². The average Bonchev–Trinajstić information content (AvgIpc) is 2.47. The van der Waals surface area contributed by atoms with E-state index in [0.717, 1.165) is 17.0 Å². The van der Waals surface area contributed by atoms with E-state index in [4.69, 9.17) is 4.74 Å². The lowest BCUT2D eigenvalue weighted by Gasteiger charge is -2.13. The topological polar surface area (TPSA) is 39.2 Å². The van der Waals surface area contributed by atoms with Gasteiger partial charge in [-0.25, -0.2) is 4.79 Å². The second kappa shape index (κ2) is 6.33. The van der Waals surface area contributed by atoms with E-state index in [1.165, 1.54) is 0 Å². The zero-order valence-electron chi connectivity index (χ0n) is 12.1. The van der Waals surface area contributed by atoms with Gasteiger partial charge in [0.05, 0.1) is 23.6 Å². The van der Waals surface area contributed by atoms with Crippen LogP contribution in [0, 0.1) is 0 Å². The lowest BCUT2D eigenvalue weighted by Crippen LogP contribution is -2.11. The molecule has 0 saturated carbocycles. The van der Waals surface area contributed by atoms with Gasteiger partial charge >= 0.3 is 5.97 Å². The number of benzene rings is 1. The number of pyridine rings is 1. The summed E-state index contributed by atoms with van der Waals surface area (Å²) in [6, 6.07) is 13.6. The summed E-state index contributed by atoms with van der Waals surface area (Å²) in [5.74, 6) is -0.138. The number of hydrogen-bond acceptors (Lipinski definition) is 3. The van der Waals surface area contributed by atoms with Crippen molar-refractivity contribution in [3.8, 4) is 11.3 Å². The number of rotatable bonds is 4. The maximum Gasteiger partial charge on any atom is 0.339 e. The van der Waals surface area contributed by atoms with E-state index in [1.54, 1.807) is 6.92 Å². The van der Waals surface area contributed by atoms with E-state index in [1.807, 2.05) is 56.3 Å². The van der Waals surface area contributed by atoms with Gasteiger partial charge in [0.2, 0.25) is 0 Å². The molecule has 0 amide bonds. The second-order valence-electron chi connectivity index (χ2n) is 4.87. The second-order valence-corrected chi connectivity index (χ2v) is 4.87. The first kappa shape index (κ1) is 14.3. The number of nitrogens with zero attached hydrogens (tertiary/aromatic N) is 1. The van der Waals surface area contributed by atoms with Crippen molar-refractivity contribution in [2.75, 3.05) is 6.61 Å². The van der Waals surface area contributed by atoms with E-state index in [2.05, 4.69) is 4.98 Å². The molecule has 0 N–H and O–H groups in total. The third kappa shape index (κ3) is 3.05. The Kier molecular flexibility index (Phi) is 4.51. The first-order chi connectivity index (χ1) is 9.63. The number of carbonyl (C=O) groups excluding carboxylic acids is 1. The van der Waals surface area contributed by atoms with Gasteiger partial charge in [-0.15, -0.1) is 0 Å². The molecule has 0 bridgehead atoms. The van der Waals surface area contributed by atoms with Gasteiger partial charge in [-0.1, -0.05) is 44.2 Å². The Hall–Kier alpha value is -2.16. The molecule has 104 valence electrons. The quantitative estimate of drug-likeness (QED) is 0.786. The Morgan fingerprint density at radius 1 is 1.15 bits per heavy atom. The van der Waals surface area contributed by atoms with Crippen molar-refractivity contribution in [1.29, 1.82) is 0 Å². The van der Waals surface area contributed by atoms with Crippen molar-refractivity contribution in [3.63, 3.8) is 0 Å². The lowest BCUT2D eigenvalue weighted by molar-refractivity contribution is 0.0524. The van der Waals surface area contributed by atoms with E-state index in [9.17, 15) is 4.79 Å². The molecule has 0 radical (unpaired) electrons. The molecule has 20 heavy (non-hydrogen) atoms. The standard InChI is InChI=1S/C17H19NO2/c1-4-20-17(19)14-10-11-15(18-16(14)12(2)3)13-8-6-5-7-9-13/h5-12H,4H2,1-3H3. The smallest absolute Gasteiger partial charge is 0.339 e. The third-order valence-corrected chi connectivity index (χ3v) is 3.04. The Morgan fingerprint density at radius 2 is 1.85 bits per heavy atom. The normalized spacial score (nSPS) is 10.6. The highest BCUT2D eigenvalue weighted by molar-refractivity contribution is 5.91.